The minimum absolute atomic E-state index is 0.0936. The van der Waals surface area contributed by atoms with Crippen LogP contribution < -0.4 is 16.0 Å². The maximum Gasteiger partial charge on any atom is 0.237 e. The molecule has 3 unspecified atom stereocenters. The Bertz CT molecular complexity index is 594. The number of thiocarbonyl (C=S) groups is 1. The normalized spacial score (nSPS) is 31.2. The Morgan fingerprint density at radius 2 is 1.96 bits per heavy atom. The van der Waals surface area contributed by atoms with Crippen molar-refractivity contribution >= 4 is 29.1 Å². The van der Waals surface area contributed by atoms with Crippen LogP contribution in [0.3, 0.4) is 0 Å². The third kappa shape index (κ3) is 4.70. The largest absolute Gasteiger partial charge is 0.378 e. The molecule has 150 valence electrons. The van der Waals surface area contributed by atoms with E-state index in [1.165, 1.54) is 12.8 Å². The first-order valence-electron chi connectivity index (χ1n) is 10.1. The van der Waals surface area contributed by atoms with Crippen LogP contribution in [0.4, 0.5) is 0 Å². The first kappa shape index (κ1) is 18.9. The molecule has 2 amide bonds. The third-order valence-electron chi connectivity index (χ3n) is 5.93. The van der Waals surface area contributed by atoms with Gasteiger partial charge in [-0.15, -0.1) is 0 Å². The third-order valence-corrected chi connectivity index (χ3v) is 6.16. The Morgan fingerprint density at radius 3 is 2.70 bits per heavy atom. The maximum absolute atomic E-state index is 12.4. The van der Waals surface area contributed by atoms with Crippen molar-refractivity contribution in [1.82, 2.24) is 25.8 Å². The fraction of sp³-hybridized carbons (Fsp3) is 0.833. The van der Waals surface area contributed by atoms with Gasteiger partial charge < -0.3 is 25.6 Å². The Hall–Kier alpha value is -1.45. The van der Waals surface area contributed by atoms with E-state index < -0.39 is 0 Å². The molecule has 3 saturated heterocycles. The maximum atomic E-state index is 12.4. The summed E-state index contributed by atoms with van der Waals surface area (Å²) >= 11 is 5.39. The Balaban J connectivity index is 1.29. The molecular weight excluding hydrogens is 366 g/mol. The Labute approximate surface area is 165 Å². The van der Waals surface area contributed by atoms with Crippen molar-refractivity contribution in [2.24, 2.45) is 0 Å². The molecule has 9 heteroatoms. The zero-order valence-electron chi connectivity index (χ0n) is 15.6. The average molecular weight is 396 g/mol. The second-order valence-corrected chi connectivity index (χ2v) is 8.38. The topological polar surface area (TPSA) is 85.9 Å². The lowest BCUT2D eigenvalue weighted by Gasteiger charge is -2.37. The lowest BCUT2D eigenvalue weighted by molar-refractivity contribution is -0.135. The van der Waals surface area contributed by atoms with Crippen LogP contribution in [0.25, 0.3) is 0 Å². The number of ether oxygens (including phenoxy) is 1. The SMILES string of the molecule is O=C1NCC(CCC(=O)N2CCOCC2)N2CC(NC(=S)NC3CC3)CC12. The molecule has 3 N–H and O–H groups in total. The van der Waals surface area contributed by atoms with Crippen molar-refractivity contribution in [3.63, 3.8) is 0 Å². The highest BCUT2D eigenvalue weighted by atomic mass is 32.1. The molecule has 0 aromatic rings. The van der Waals surface area contributed by atoms with Crippen LogP contribution in [0.15, 0.2) is 0 Å². The van der Waals surface area contributed by atoms with E-state index in [1.54, 1.807) is 0 Å². The summed E-state index contributed by atoms with van der Waals surface area (Å²) in [6.07, 6.45) is 4.41. The smallest absolute Gasteiger partial charge is 0.237 e. The molecule has 3 aliphatic heterocycles. The average Bonchev–Trinajstić information content (AvgIpc) is 3.37. The summed E-state index contributed by atoms with van der Waals surface area (Å²) in [4.78, 5) is 28.9. The molecule has 0 radical (unpaired) electrons. The van der Waals surface area contributed by atoms with Crippen molar-refractivity contribution in [3.05, 3.63) is 0 Å². The summed E-state index contributed by atoms with van der Waals surface area (Å²) in [6.45, 7) is 4.03. The first-order chi connectivity index (χ1) is 13.1. The van der Waals surface area contributed by atoms with E-state index in [1.807, 2.05) is 4.90 Å². The summed E-state index contributed by atoms with van der Waals surface area (Å²) in [5, 5.41) is 10.4. The van der Waals surface area contributed by atoms with Crippen LogP contribution in [0.2, 0.25) is 0 Å². The highest BCUT2D eigenvalue weighted by molar-refractivity contribution is 7.80. The standard InChI is InChI=1S/C18H29N5O3S/c24-16(22-5-7-26-8-6-22)4-3-14-10-19-17(25)15-9-13(11-23(14)15)21-18(27)20-12-1-2-12/h12-15H,1-11H2,(H,19,25)(H2,20,21,27). The number of piperazine rings is 1. The number of rotatable bonds is 5. The van der Waals surface area contributed by atoms with Gasteiger partial charge in [-0.25, -0.2) is 0 Å². The van der Waals surface area contributed by atoms with E-state index in [4.69, 9.17) is 17.0 Å². The molecule has 3 heterocycles. The lowest BCUT2D eigenvalue weighted by atomic mass is 10.0. The second-order valence-electron chi connectivity index (χ2n) is 7.97. The predicted octanol–water partition coefficient (Wildman–Crippen LogP) is -0.807. The summed E-state index contributed by atoms with van der Waals surface area (Å²) in [5.41, 5.74) is 0. The molecule has 3 atom stereocenters. The molecule has 4 rings (SSSR count). The number of amides is 2. The van der Waals surface area contributed by atoms with Gasteiger partial charge in [0.25, 0.3) is 0 Å². The summed E-state index contributed by atoms with van der Waals surface area (Å²) in [7, 11) is 0. The molecule has 4 fully saturated rings. The monoisotopic (exact) mass is 395 g/mol. The van der Waals surface area contributed by atoms with E-state index in [-0.39, 0.29) is 29.9 Å². The van der Waals surface area contributed by atoms with Crippen molar-refractivity contribution in [2.45, 2.75) is 56.3 Å². The van der Waals surface area contributed by atoms with Gasteiger partial charge in [-0.2, -0.15) is 0 Å². The van der Waals surface area contributed by atoms with E-state index >= 15 is 0 Å². The van der Waals surface area contributed by atoms with Gasteiger partial charge in [0.05, 0.1) is 19.3 Å². The second kappa shape index (κ2) is 8.28. The van der Waals surface area contributed by atoms with Gasteiger partial charge in [-0.05, 0) is 37.9 Å². The molecule has 0 bridgehead atoms. The van der Waals surface area contributed by atoms with Crippen LogP contribution in [-0.2, 0) is 14.3 Å². The quantitative estimate of drug-likeness (QED) is 0.525. The minimum Gasteiger partial charge on any atom is -0.378 e. The Morgan fingerprint density at radius 1 is 1.22 bits per heavy atom. The van der Waals surface area contributed by atoms with Gasteiger partial charge in [0, 0.05) is 50.7 Å². The molecule has 4 aliphatic rings. The number of hydrogen-bond acceptors (Lipinski definition) is 5. The zero-order valence-corrected chi connectivity index (χ0v) is 16.4. The number of fused-ring (bicyclic) bond motifs is 1. The van der Waals surface area contributed by atoms with E-state index in [0.29, 0.717) is 50.4 Å². The fourth-order valence-corrected chi connectivity index (χ4v) is 4.58. The zero-order chi connectivity index (χ0) is 18.8. The van der Waals surface area contributed by atoms with Crippen molar-refractivity contribution in [1.29, 1.82) is 0 Å². The predicted molar refractivity (Wildman–Crippen MR) is 104 cm³/mol. The highest BCUT2D eigenvalue weighted by Gasteiger charge is 2.43. The Kier molecular flexibility index (Phi) is 5.79. The van der Waals surface area contributed by atoms with Crippen LogP contribution in [-0.4, -0.2) is 90.3 Å². The molecule has 8 nitrogen and oxygen atoms in total. The molecule has 0 aromatic carbocycles. The van der Waals surface area contributed by atoms with E-state index in [9.17, 15) is 9.59 Å². The number of hydrogen-bond donors (Lipinski definition) is 3. The number of nitrogens with one attached hydrogen (secondary N) is 3. The van der Waals surface area contributed by atoms with Crippen LogP contribution in [0.1, 0.15) is 32.1 Å². The summed E-state index contributed by atoms with van der Waals surface area (Å²) in [5.74, 6) is 0.284. The number of morpholine rings is 1. The summed E-state index contributed by atoms with van der Waals surface area (Å²) in [6, 6.07) is 0.782. The molecule has 0 aromatic heterocycles. The van der Waals surface area contributed by atoms with Gasteiger partial charge in [0.2, 0.25) is 11.8 Å². The lowest BCUT2D eigenvalue weighted by Crippen LogP contribution is -2.58. The van der Waals surface area contributed by atoms with Gasteiger partial charge in [0.15, 0.2) is 5.11 Å². The molecule has 1 saturated carbocycles. The van der Waals surface area contributed by atoms with Crippen LogP contribution in [0, 0.1) is 0 Å². The minimum atomic E-state index is -0.122. The molecule has 27 heavy (non-hydrogen) atoms. The number of carbonyl (C=O) groups excluding carboxylic acids is 2. The molecule has 1 aliphatic carbocycles. The van der Waals surface area contributed by atoms with Gasteiger partial charge in [-0.3, -0.25) is 14.5 Å². The first-order valence-corrected chi connectivity index (χ1v) is 10.5. The number of carbonyl (C=O) groups is 2. The van der Waals surface area contributed by atoms with Crippen LogP contribution >= 0.6 is 12.2 Å². The van der Waals surface area contributed by atoms with Crippen LogP contribution in [0.5, 0.6) is 0 Å². The molecule has 0 spiro atoms. The van der Waals surface area contributed by atoms with Crippen molar-refractivity contribution < 1.29 is 14.3 Å². The highest BCUT2D eigenvalue weighted by Crippen LogP contribution is 2.26. The van der Waals surface area contributed by atoms with Crippen molar-refractivity contribution in [3.8, 4) is 0 Å². The van der Waals surface area contributed by atoms with Gasteiger partial charge in [-0.1, -0.05) is 0 Å². The van der Waals surface area contributed by atoms with Gasteiger partial charge in [0.1, 0.15) is 0 Å². The number of nitrogens with zero attached hydrogens (tertiary/aromatic N) is 2. The van der Waals surface area contributed by atoms with E-state index in [2.05, 4.69) is 20.9 Å². The fourth-order valence-electron chi connectivity index (χ4n) is 4.25. The van der Waals surface area contributed by atoms with Gasteiger partial charge >= 0.3 is 0 Å². The summed E-state index contributed by atoms with van der Waals surface area (Å²) < 4.78 is 5.31. The van der Waals surface area contributed by atoms with Crippen molar-refractivity contribution in [2.75, 3.05) is 39.4 Å². The van der Waals surface area contributed by atoms with E-state index in [0.717, 1.165) is 19.4 Å². The molecular formula is C18H29N5O3S.